The van der Waals surface area contributed by atoms with E-state index in [0.717, 1.165) is 24.9 Å². The molecule has 0 aromatic carbocycles. The Kier molecular flexibility index (Phi) is 4.15. The smallest absolute Gasteiger partial charge is 0.141 e. The van der Waals surface area contributed by atoms with E-state index >= 15 is 0 Å². The van der Waals surface area contributed by atoms with Crippen molar-refractivity contribution in [1.82, 2.24) is 4.98 Å². The van der Waals surface area contributed by atoms with Gasteiger partial charge in [0.1, 0.15) is 17.3 Å². The van der Waals surface area contributed by atoms with E-state index in [1.54, 1.807) is 6.07 Å². The second-order valence-corrected chi connectivity index (χ2v) is 4.73. The van der Waals surface area contributed by atoms with E-state index in [-0.39, 0.29) is 5.84 Å². The minimum atomic E-state index is -0.00441. The third-order valence-electron chi connectivity index (χ3n) is 3.02. The summed E-state index contributed by atoms with van der Waals surface area (Å²) in [6.07, 6.45) is 2.64. The van der Waals surface area contributed by atoms with Gasteiger partial charge < -0.3 is 15.4 Å². The lowest BCUT2D eigenvalue weighted by Gasteiger charge is -2.18. The van der Waals surface area contributed by atoms with Crippen LogP contribution in [0, 0.1) is 11.3 Å². The number of anilines is 1. The molecule has 0 spiro atoms. The summed E-state index contributed by atoms with van der Waals surface area (Å²) in [7, 11) is 1.97. The van der Waals surface area contributed by atoms with Crippen LogP contribution in [0.3, 0.4) is 0 Å². The van der Waals surface area contributed by atoms with Gasteiger partial charge in [-0.05, 0) is 30.9 Å². The molecule has 0 bridgehead atoms. The number of pyridine rings is 1. The van der Waals surface area contributed by atoms with Crippen LogP contribution in [-0.4, -0.2) is 37.6 Å². The minimum absolute atomic E-state index is 0.00441. The maximum Gasteiger partial charge on any atom is 0.141 e. The van der Waals surface area contributed by atoms with Crippen molar-refractivity contribution in [1.29, 1.82) is 5.41 Å². The molecule has 98 valence electrons. The molecule has 18 heavy (non-hydrogen) atoms. The lowest BCUT2D eigenvalue weighted by Crippen LogP contribution is -2.25. The molecule has 3 N–H and O–H groups in total. The van der Waals surface area contributed by atoms with Gasteiger partial charge in [-0.25, -0.2) is 4.98 Å². The van der Waals surface area contributed by atoms with Crippen LogP contribution in [-0.2, 0) is 4.74 Å². The third kappa shape index (κ3) is 3.70. The predicted octanol–water partition coefficient (Wildman–Crippen LogP) is 1.23. The lowest BCUT2D eigenvalue weighted by molar-refractivity contribution is 0.131. The van der Waals surface area contributed by atoms with Gasteiger partial charge >= 0.3 is 0 Å². The van der Waals surface area contributed by atoms with E-state index in [2.05, 4.69) is 4.98 Å². The SMILES string of the molecule is CN(CCOCC1CC1)c1cccc(C(=N)N)n1. The summed E-state index contributed by atoms with van der Waals surface area (Å²) in [5.41, 5.74) is 5.93. The molecule has 5 heteroatoms. The Morgan fingerprint density at radius 3 is 3.00 bits per heavy atom. The number of likely N-dealkylation sites (N-methyl/N-ethyl adjacent to an activating group) is 1. The average molecular weight is 248 g/mol. The van der Waals surface area contributed by atoms with E-state index in [9.17, 15) is 0 Å². The average Bonchev–Trinajstić information content (AvgIpc) is 3.18. The van der Waals surface area contributed by atoms with Gasteiger partial charge in [-0.1, -0.05) is 6.07 Å². The monoisotopic (exact) mass is 248 g/mol. The van der Waals surface area contributed by atoms with Crippen molar-refractivity contribution in [2.45, 2.75) is 12.8 Å². The van der Waals surface area contributed by atoms with E-state index in [0.29, 0.717) is 12.3 Å². The van der Waals surface area contributed by atoms with Gasteiger partial charge in [0.25, 0.3) is 0 Å². The Morgan fingerprint density at radius 2 is 2.33 bits per heavy atom. The van der Waals surface area contributed by atoms with Crippen molar-refractivity contribution in [3.05, 3.63) is 23.9 Å². The van der Waals surface area contributed by atoms with Gasteiger partial charge in [0.15, 0.2) is 0 Å². The molecule has 0 aliphatic heterocycles. The quantitative estimate of drug-likeness (QED) is 0.432. The highest BCUT2D eigenvalue weighted by atomic mass is 16.5. The Bertz CT molecular complexity index is 417. The molecule has 1 aliphatic carbocycles. The molecule has 1 fully saturated rings. The molecule has 0 saturated heterocycles. The molecule has 2 rings (SSSR count). The number of hydrogen-bond donors (Lipinski definition) is 2. The van der Waals surface area contributed by atoms with Crippen LogP contribution in [0.5, 0.6) is 0 Å². The fraction of sp³-hybridized carbons (Fsp3) is 0.538. The molecule has 1 aromatic rings. The van der Waals surface area contributed by atoms with Crippen molar-refractivity contribution in [3.63, 3.8) is 0 Å². The first kappa shape index (κ1) is 12.8. The largest absolute Gasteiger partial charge is 0.382 e. The molecule has 0 unspecified atom stereocenters. The topological polar surface area (TPSA) is 75.2 Å². The van der Waals surface area contributed by atoms with Crippen molar-refractivity contribution in [2.24, 2.45) is 11.7 Å². The van der Waals surface area contributed by atoms with Gasteiger partial charge in [0.2, 0.25) is 0 Å². The molecular formula is C13H20N4O. The number of amidine groups is 1. The first-order valence-corrected chi connectivity index (χ1v) is 6.27. The number of nitrogens with one attached hydrogen (secondary N) is 1. The summed E-state index contributed by atoms with van der Waals surface area (Å²) in [6, 6.07) is 5.51. The second-order valence-electron chi connectivity index (χ2n) is 4.73. The summed E-state index contributed by atoms with van der Waals surface area (Å²) in [5, 5.41) is 7.37. The summed E-state index contributed by atoms with van der Waals surface area (Å²) in [6.45, 7) is 2.38. The van der Waals surface area contributed by atoms with Crippen LogP contribution >= 0.6 is 0 Å². The Labute approximate surface area is 107 Å². The molecule has 1 saturated carbocycles. The number of hydrogen-bond acceptors (Lipinski definition) is 4. The van der Waals surface area contributed by atoms with Crippen LogP contribution in [0.4, 0.5) is 5.82 Å². The number of nitrogens with two attached hydrogens (primary N) is 1. The fourth-order valence-electron chi connectivity index (χ4n) is 1.64. The predicted molar refractivity (Wildman–Crippen MR) is 72.1 cm³/mol. The van der Waals surface area contributed by atoms with Crippen LogP contribution in [0.25, 0.3) is 0 Å². The zero-order valence-electron chi connectivity index (χ0n) is 10.7. The highest BCUT2D eigenvalue weighted by Crippen LogP contribution is 2.28. The minimum Gasteiger partial charge on any atom is -0.382 e. The number of aromatic nitrogens is 1. The third-order valence-corrected chi connectivity index (χ3v) is 3.02. The van der Waals surface area contributed by atoms with Crippen molar-refractivity contribution < 1.29 is 4.74 Å². The number of ether oxygens (including phenoxy) is 1. The van der Waals surface area contributed by atoms with Crippen LogP contribution in [0.15, 0.2) is 18.2 Å². The van der Waals surface area contributed by atoms with Gasteiger partial charge in [0, 0.05) is 20.2 Å². The van der Waals surface area contributed by atoms with E-state index < -0.39 is 0 Å². The molecule has 1 aliphatic rings. The van der Waals surface area contributed by atoms with E-state index in [1.165, 1.54) is 12.8 Å². The summed E-state index contributed by atoms with van der Waals surface area (Å²) in [5.74, 6) is 1.61. The number of rotatable bonds is 7. The summed E-state index contributed by atoms with van der Waals surface area (Å²) < 4.78 is 5.59. The van der Waals surface area contributed by atoms with Gasteiger partial charge in [0.05, 0.1) is 6.61 Å². The highest BCUT2D eigenvalue weighted by Gasteiger charge is 2.20. The molecule has 0 amide bonds. The first-order chi connectivity index (χ1) is 8.66. The van der Waals surface area contributed by atoms with Crippen molar-refractivity contribution in [2.75, 3.05) is 31.7 Å². The van der Waals surface area contributed by atoms with Crippen LogP contribution in [0.2, 0.25) is 0 Å². The zero-order chi connectivity index (χ0) is 13.0. The van der Waals surface area contributed by atoms with Crippen molar-refractivity contribution >= 4 is 11.7 Å². The second kappa shape index (κ2) is 5.82. The summed E-state index contributed by atoms with van der Waals surface area (Å²) >= 11 is 0. The molecule has 1 aromatic heterocycles. The van der Waals surface area contributed by atoms with Crippen molar-refractivity contribution in [3.8, 4) is 0 Å². The molecule has 0 atom stereocenters. The van der Waals surface area contributed by atoms with Crippen LogP contribution < -0.4 is 10.6 Å². The Morgan fingerprint density at radius 1 is 1.56 bits per heavy atom. The first-order valence-electron chi connectivity index (χ1n) is 6.27. The number of nitrogens with zero attached hydrogens (tertiary/aromatic N) is 2. The Balaban J connectivity index is 1.81. The normalized spacial score (nSPS) is 14.5. The van der Waals surface area contributed by atoms with Crippen LogP contribution in [0.1, 0.15) is 18.5 Å². The maximum atomic E-state index is 7.37. The van der Waals surface area contributed by atoms with E-state index in [1.807, 2.05) is 24.1 Å². The van der Waals surface area contributed by atoms with E-state index in [4.69, 9.17) is 15.9 Å². The van der Waals surface area contributed by atoms with Gasteiger partial charge in [-0.3, -0.25) is 5.41 Å². The maximum absolute atomic E-state index is 7.37. The number of nitrogen functional groups attached to an aromatic ring is 1. The van der Waals surface area contributed by atoms with Gasteiger partial charge in [-0.15, -0.1) is 0 Å². The lowest BCUT2D eigenvalue weighted by atomic mass is 10.3. The zero-order valence-corrected chi connectivity index (χ0v) is 10.7. The molecule has 1 heterocycles. The standard InChI is InChI=1S/C13H20N4O/c1-17(7-8-18-9-10-5-6-10)12-4-2-3-11(16-12)13(14)15/h2-4,10H,5-9H2,1H3,(H3,14,15). The molecule has 5 nitrogen and oxygen atoms in total. The van der Waals surface area contributed by atoms with Gasteiger partial charge in [-0.2, -0.15) is 0 Å². The Hall–Kier alpha value is -1.62. The molecule has 0 radical (unpaired) electrons. The summed E-state index contributed by atoms with van der Waals surface area (Å²) in [4.78, 5) is 6.33. The highest BCUT2D eigenvalue weighted by molar-refractivity contribution is 5.93. The fourth-order valence-corrected chi connectivity index (χ4v) is 1.64. The molecular weight excluding hydrogens is 228 g/mol.